The van der Waals surface area contributed by atoms with Gasteiger partial charge in [0.05, 0.1) is 16.7 Å². The third-order valence-electron chi connectivity index (χ3n) is 9.50. The standard InChI is InChI=1S/C35H43N5O6/c1-35(2,3)46-34(45)24-4-6-25(7-5-24)38-16-13-23(14-17-38)12-15-37-18-20-39(21-19-37)26-8-9-27-28(22-26)33(44)40(32(27)43)29-10-11-30(41)36-31(29)42/h4-9,22-23,29H,10-21H2,1-3H3,(H,36,41,42). The molecule has 3 saturated heterocycles. The number of fused-ring (bicyclic) bond motifs is 1. The molecule has 4 aliphatic heterocycles. The first kappa shape index (κ1) is 31.7. The number of nitrogens with one attached hydrogen (secondary N) is 1. The monoisotopic (exact) mass is 629 g/mol. The number of rotatable bonds is 7. The molecule has 1 N–H and O–H groups in total. The zero-order valence-electron chi connectivity index (χ0n) is 26.9. The van der Waals surface area contributed by atoms with Crippen molar-refractivity contribution in [3.8, 4) is 0 Å². The van der Waals surface area contributed by atoms with Gasteiger partial charge in [0.25, 0.3) is 11.8 Å². The lowest BCUT2D eigenvalue weighted by Gasteiger charge is -2.38. The molecule has 4 aliphatic rings. The fourth-order valence-corrected chi connectivity index (χ4v) is 6.88. The highest BCUT2D eigenvalue weighted by Crippen LogP contribution is 2.31. The van der Waals surface area contributed by atoms with Gasteiger partial charge in [0, 0.05) is 57.1 Å². The highest BCUT2D eigenvalue weighted by atomic mass is 16.6. The van der Waals surface area contributed by atoms with Gasteiger partial charge in [0.15, 0.2) is 0 Å². The Bertz CT molecular complexity index is 1520. The number of hydrogen-bond donors (Lipinski definition) is 1. The summed E-state index contributed by atoms with van der Waals surface area (Å²) in [5, 5.41) is 2.24. The van der Waals surface area contributed by atoms with Crippen LogP contribution in [0.1, 0.15) is 83.9 Å². The Morgan fingerprint density at radius 1 is 0.804 bits per heavy atom. The number of amides is 4. The molecule has 0 aromatic heterocycles. The molecular formula is C35H43N5O6. The van der Waals surface area contributed by atoms with E-state index in [4.69, 9.17) is 4.74 Å². The first-order valence-corrected chi connectivity index (χ1v) is 16.4. The number of hydrogen-bond acceptors (Lipinski definition) is 9. The van der Waals surface area contributed by atoms with Crippen molar-refractivity contribution in [2.45, 2.75) is 64.5 Å². The number of imide groups is 2. The molecule has 11 nitrogen and oxygen atoms in total. The van der Waals surface area contributed by atoms with E-state index in [1.165, 1.54) is 0 Å². The number of carbonyl (C=O) groups excluding carboxylic acids is 5. The lowest BCUT2D eigenvalue weighted by atomic mass is 9.93. The summed E-state index contributed by atoms with van der Waals surface area (Å²) in [5.41, 5.74) is 2.73. The van der Waals surface area contributed by atoms with Gasteiger partial charge in [-0.2, -0.15) is 0 Å². The number of benzene rings is 2. The summed E-state index contributed by atoms with van der Waals surface area (Å²) in [6.07, 6.45) is 3.70. The minimum atomic E-state index is -0.957. The summed E-state index contributed by atoms with van der Waals surface area (Å²) < 4.78 is 5.48. The molecule has 2 aromatic carbocycles. The Hall–Kier alpha value is -4.25. The maximum absolute atomic E-state index is 13.2. The average Bonchev–Trinajstić information content (AvgIpc) is 3.28. The fourth-order valence-electron chi connectivity index (χ4n) is 6.88. The maximum Gasteiger partial charge on any atom is 0.338 e. The van der Waals surface area contributed by atoms with Crippen LogP contribution in [0.5, 0.6) is 0 Å². The van der Waals surface area contributed by atoms with E-state index in [-0.39, 0.29) is 24.7 Å². The Morgan fingerprint density at radius 3 is 2.09 bits per heavy atom. The Labute approximate surface area is 269 Å². The van der Waals surface area contributed by atoms with Crippen molar-refractivity contribution in [1.82, 2.24) is 15.1 Å². The molecule has 4 amide bonds. The van der Waals surface area contributed by atoms with Gasteiger partial charge in [0.1, 0.15) is 11.6 Å². The average molecular weight is 630 g/mol. The molecule has 0 bridgehead atoms. The first-order valence-electron chi connectivity index (χ1n) is 16.4. The van der Waals surface area contributed by atoms with Gasteiger partial charge in [-0.25, -0.2) is 4.79 Å². The molecule has 4 heterocycles. The van der Waals surface area contributed by atoms with Gasteiger partial charge in [-0.3, -0.25) is 34.3 Å². The molecule has 3 fully saturated rings. The third kappa shape index (κ3) is 6.79. The number of carbonyl (C=O) groups is 5. The Morgan fingerprint density at radius 2 is 1.43 bits per heavy atom. The van der Waals surface area contributed by atoms with Crippen LogP contribution in [0.3, 0.4) is 0 Å². The van der Waals surface area contributed by atoms with Gasteiger partial charge >= 0.3 is 5.97 Å². The minimum absolute atomic E-state index is 0.103. The molecule has 2 aromatic rings. The molecule has 0 saturated carbocycles. The van der Waals surface area contributed by atoms with Crippen LogP contribution in [0, 0.1) is 5.92 Å². The van der Waals surface area contributed by atoms with Gasteiger partial charge < -0.3 is 14.5 Å². The van der Waals surface area contributed by atoms with Crippen molar-refractivity contribution in [2.24, 2.45) is 5.92 Å². The Kier molecular flexibility index (Phi) is 8.87. The second-order valence-corrected chi connectivity index (χ2v) is 13.8. The summed E-state index contributed by atoms with van der Waals surface area (Å²) in [5.74, 6) is -1.55. The van der Waals surface area contributed by atoms with Crippen LogP contribution in [-0.2, 0) is 14.3 Å². The summed E-state index contributed by atoms with van der Waals surface area (Å²) in [4.78, 5) is 70.7. The molecule has 1 atom stereocenters. The molecule has 0 aliphatic carbocycles. The van der Waals surface area contributed by atoms with Crippen LogP contribution in [0.4, 0.5) is 11.4 Å². The van der Waals surface area contributed by atoms with Crippen LogP contribution < -0.4 is 15.1 Å². The molecule has 11 heteroatoms. The molecule has 0 radical (unpaired) electrons. The molecule has 244 valence electrons. The number of ether oxygens (including phenoxy) is 1. The van der Waals surface area contributed by atoms with Crippen LogP contribution in [0.15, 0.2) is 42.5 Å². The van der Waals surface area contributed by atoms with Gasteiger partial charge in [-0.1, -0.05) is 0 Å². The second-order valence-electron chi connectivity index (χ2n) is 13.8. The normalized spacial score (nSPS) is 21.5. The van der Waals surface area contributed by atoms with E-state index in [1.54, 1.807) is 12.1 Å². The van der Waals surface area contributed by atoms with Crippen molar-refractivity contribution >= 4 is 41.0 Å². The van der Waals surface area contributed by atoms with Crippen molar-refractivity contribution in [2.75, 3.05) is 55.6 Å². The van der Waals surface area contributed by atoms with Crippen LogP contribution in [-0.4, -0.2) is 96.9 Å². The van der Waals surface area contributed by atoms with E-state index in [1.807, 2.05) is 51.1 Å². The predicted molar refractivity (Wildman–Crippen MR) is 173 cm³/mol. The summed E-state index contributed by atoms with van der Waals surface area (Å²) in [6.45, 7) is 12.2. The SMILES string of the molecule is CC(C)(C)OC(=O)c1ccc(N2CCC(CCN3CCN(c4ccc5c(c4)C(=O)N(C4CCC(=O)NC4=O)C5=O)CC3)CC2)cc1. The van der Waals surface area contributed by atoms with Crippen LogP contribution >= 0.6 is 0 Å². The smallest absolute Gasteiger partial charge is 0.338 e. The van der Waals surface area contributed by atoms with Crippen molar-refractivity contribution in [3.63, 3.8) is 0 Å². The van der Waals surface area contributed by atoms with E-state index in [0.29, 0.717) is 22.6 Å². The first-order chi connectivity index (χ1) is 22.0. The number of anilines is 2. The van der Waals surface area contributed by atoms with E-state index >= 15 is 0 Å². The lowest BCUT2D eigenvalue weighted by molar-refractivity contribution is -0.136. The molecule has 1 unspecified atom stereocenters. The van der Waals surface area contributed by atoms with Crippen molar-refractivity contribution in [3.05, 3.63) is 59.2 Å². The largest absolute Gasteiger partial charge is 0.456 e. The van der Waals surface area contributed by atoms with Crippen LogP contribution in [0.2, 0.25) is 0 Å². The van der Waals surface area contributed by atoms with E-state index in [0.717, 1.165) is 81.4 Å². The molecule has 6 rings (SSSR count). The highest BCUT2D eigenvalue weighted by Gasteiger charge is 2.44. The van der Waals surface area contributed by atoms with E-state index in [2.05, 4.69) is 20.0 Å². The summed E-state index contributed by atoms with van der Waals surface area (Å²) in [6, 6.07) is 12.1. The maximum atomic E-state index is 13.2. The highest BCUT2D eigenvalue weighted by molar-refractivity contribution is 6.23. The number of nitrogens with zero attached hydrogens (tertiary/aromatic N) is 4. The van der Waals surface area contributed by atoms with E-state index < -0.39 is 29.4 Å². The lowest BCUT2D eigenvalue weighted by Crippen LogP contribution is -2.54. The van der Waals surface area contributed by atoms with Crippen molar-refractivity contribution < 1.29 is 28.7 Å². The molecule has 46 heavy (non-hydrogen) atoms. The molecule has 0 spiro atoms. The number of piperazine rings is 1. The fraction of sp³-hybridized carbons (Fsp3) is 0.514. The van der Waals surface area contributed by atoms with Crippen LogP contribution in [0.25, 0.3) is 0 Å². The molecular weight excluding hydrogens is 586 g/mol. The predicted octanol–water partition coefficient (Wildman–Crippen LogP) is 3.47. The Balaban J connectivity index is 0.950. The van der Waals surface area contributed by atoms with Gasteiger partial charge in [0.2, 0.25) is 11.8 Å². The second kappa shape index (κ2) is 12.9. The summed E-state index contributed by atoms with van der Waals surface area (Å²) >= 11 is 0. The van der Waals surface area contributed by atoms with Gasteiger partial charge in [-0.15, -0.1) is 0 Å². The number of piperidine rings is 2. The quantitative estimate of drug-likeness (QED) is 0.363. The van der Waals surface area contributed by atoms with Crippen molar-refractivity contribution in [1.29, 1.82) is 0 Å². The summed E-state index contributed by atoms with van der Waals surface area (Å²) in [7, 11) is 0. The minimum Gasteiger partial charge on any atom is -0.456 e. The number of esters is 1. The zero-order chi connectivity index (χ0) is 32.6. The van der Waals surface area contributed by atoms with Gasteiger partial charge in [-0.05, 0) is 101 Å². The third-order valence-corrected chi connectivity index (χ3v) is 9.50. The topological polar surface area (TPSA) is 120 Å². The zero-order valence-corrected chi connectivity index (χ0v) is 26.9. The van der Waals surface area contributed by atoms with E-state index in [9.17, 15) is 24.0 Å².